The van der Waals surface area contributed by atoms with Gasteiger partial charge in [0.25, 0.3) is 0 Å². The molecule has 0 bridgehead atoms. The lowest BCUT2D eigenvalue weighted by molar-refractivity contribution is 0.311. The molecule has 102 valence electrons. The van der Waals surface area contributed by atoms with Gasteiger partial charge in [-0.1, -0.05) is 5.16 Å². The second-order valence-corrected chi connectivity index (χ2v) is 5.47. The largest absolute Gasteiger partial charge is 0.507 e. The molecular formula is C14H19N3O2. The standard InChI is InChI=1S/C14H19N3O2/c1-8-5-10(6-9(2)11(8)18)12-16-13(19-17-12)14(3,4)7-15/h5-6,18H,7,15H2,1-4H3. The Balaban J connectivity index is 2.44. The molecule has 3 N–H and O–H groups in total. The Kier molecular flexibility index (Phi) is 3.32. The summed E-state index contributed by atoms with van der Waals surface area (Å²) >= 11 is 0. The first-order chi connectivity index (χ1) is 8.85. The van der Waals surface area contributed by atoms with Crippen molar-refractivity contribution in [3.8, 4) is 17.1 Å². The number of aromatic hydroxyl groups is 1. The number of rotatable bonds is 3. The van der Waals surface area contributed by atoms with Crippen molar-refractivity contribution in [1.29, 1.82) is 0 Å². The number of aryl methyl sites for hydroxylation is 2. The summed E-state index contributed by atoms with van der Waals surface area (Å²) in [6.07, 6.45) is 0. The van der Waals surface area contributed by atoms with E-state index in [1.54, 1.807) is 0 Å². The van der Waals surface area contributed by atoms with Crippen LogP contribution in [0.1, 0.15) is 30.9 Å². The molecule has 2 rings (SSSR count). The molecule has 19 heavy (non-hydrogen) atoms. The lowest BCUT2D eigenvalue weighted by Gasteiger charge is -2.15. The predicted octanol–water partition coefficient (Wildman–Crippen LogP) is 2.30. The van der Waals surface area contributed by atoms with Crippen LogP contribution < -0.4 is 5.73 Å². The predicted molar refractivity (Wildman–Crippen MR) is 73.0 cm³/mol. The molecular weight excluding hydrogens is 242 g/mol. The highest BCUT2D eigenvalue weighted by Crippen LogP contribution is 2.29. The molecule has 0 aliphatic heterocycles. The first-order valence-electron chi connectivity index (χ1n) is 6.20. The van der Waals surface area contributed by atoms with E-state index in [9.17, 15) is 5.11 Å². The third-order valence-corrected chi connectivity index (χ3v) is 3.26. The van der Waals surface area contributed by atoms with Gasteiger partial charge in [0.15, 0.2) is 0 Å². The summed E-state index contributed by atoms with van der Waals surface area (Å²) in [6.45, 7) is 8.03. The summed E-state index contributed by atoms with van der Waals surface area (Å²) in [4.78, 5) is 4.40. The molecule has 0 saturated carbocycles. The highest BCUT2D eigenvalue weighted by molar-refractivity contribution is 5.60. The maximum atomic E-state index is 9.77. The van der Waals surface area contributed by atoms with Crippen molar-refractivity contribution >= 4 is 0 Å². The van der Waals surface area contributed by atoms with Crippen LogP contribution >= 0.6 is 0 Å². The molecule has 2 aromatic rings. The zero-order chi connectivity index (χ0) is 14.2. The van der Waals surface area contributed by atoms with Crippen LogP contribution in [0.5, 0.6) is 5.75 Å². The number of nitrogens with two attached hydrogens (primary N) is 1. The van der Waals surface area contributed by atoms with Crippen molar-refractivity contribution in [3.05, 3.63) is 29.2 Å². The Hall–Kier alpha value is -1.88. The van der Waals surface area contributed by atoms with Crippen molar-refractivity contribution in [2.24, 2.45) is 5.73 Å². The van der Waals surface area contributed by atoms with Crippen LogP contribution in [0.25, 0.3) is 11.4 Å². The van der Waals surface area contributed by atoms with Crippen LogP contribution in [-0.2, 0) is 5.41 Å². The van der Waals surface area contributed by atoms with Gasteiger partial charge in [0, 0.05) is 12.1 Å². The normalized spacial score (nSPS) is 11.8. The summed E-state index contributed by atoms with van der Waals surface area (Å²) in [7, 11) is 0. The van der Waals surface area contributed by atoms with E-state index in [4.69, 9.17) is 10.3 Å². The molecule has 0 amide bonds. The summed E-state index contributed by atoms with van der Waals surface area (Å²) in [5.74, 6) is 1.34. The quantitative estimate of drug-likeness (QED) is 0.885. The molecule has 1 aromatic heterocycles. The Morgan fingerprint density at radius 1 is 1.26 bits per heavy atom. The number of nitrogens with zero attached hydrogens (tertiary/aromatic N) is 2. The second-order valence-electron chi connectivity index (χ2n) is 5.47. The van der Waals surface area contributed by atoms with Crippen LogP contribution in [0.4, 0.5) is 0 Å². The minimum absolute atomic E-state index is 0.301. The minimum Gasteiger partial charge on any atom is -0.507 e. The Labute approximate surface area is 112 Å². The highest BCUT2D eigenvalue weighted by atomic mass is 16.5. The fourth-order valence-corrected chi connectivity index (χ4v) is 1.79. The lowest BCUT2D eigenvalue weighted by Crippen LogP contribution is -2.28. The maximum absolute atomic E-state index is 9.77. The van der Waals surface area contributed by atoms with E-state index in [2.05, 4.69) is 10.1 Å². The van der Waals surface area contributed by atoms with E-state index in [-0.39, 0.29) is 5.41 Å². The number of hydrogen-bond donors (Lipinski definition) is 2. The summed E-state index contributed by atoms with van der Waals surface area (Å²) in [6, 6.07) is 3.68. The second kappa shape index (κ2) is 4.66. The topological polar surface area (TPSA) is 85.2 Å². The highest BCUT2D eigenvalue weighted by Gasteiger charge is 2.26. The van der Waals surface area contributed by atoms with E-state index < -0.39 is 0 Å². The van der Waals surface area contributed by atoms with E-state index in [1.807, 2.05) is 39.8 Å². The van der Waals surface area contributed by atoms with Crippen molar-refractivity contribution in [1.82, 2.24) is 10.1 Å². The van der Waals surface area contributed by atoms with Gasteiger partial charge in [0.05, 0.1) is 5.41 Å². The molecule has 0 saturated heterocycles. The fourth-order valence-electron chi connectivity index (χ4n) is 1.79. The van der Waals surface area contributed by atoms with Crippen molar-refractivity contribution < 1.29 is 9.63 Å². The first kappa shape index (κ1) is 13.5. The molecule has 0 fully saturated rings. The van der Waals surface area contributed by atoms with Crippen LogP contribution in [0, 0.1) is 13.8 Å². The molecule has 0 aliphatic carbocycles. The van der Waals surface area contributed by atoms with E-state index in [0.29, 0.717) is 24.0 Å². The van der Waals surface area contributed by atoms with Gasteiger partial charge < -0.3 is 15.4 Å². The Bertz CT molecular complexity index is 579. The van der Waals surface area contributed by atoms with E-state index >= 15 is 0 Å². The number of aromatic nitrogens is 2. The number of benzene rings is 1. The smallest absolute Gasteiger partial charge is 0.233 e. The van der Waals surface area contributed by atoms with Gasteiger partial charge in [0.1, 0.15) is 5.75 Å². The fraction of sp³-hybridized carbons (Fsp3) is 0.429. The number of hydrogen-bond acceptors (Lipinski definition) is 5. The summed E-state index contributed by atoms with van der Waals surface area (Å²) in [5.41, 5.74) is 7.76. The zero-order valence-electron chi connectivity index (χ0n) is 11.7. The van der Waals surface area contributed by atoms with Crippen LogP contribution in [0.3, 0.4) is 0 Å². The van der Waals surface area contributed by atoms with Crippen molar-refractivity contribution in [3.63, 3.8) is 0 Å². The molecule has 0 aliphatic rings. The third kappa shape index (κ3) is 2.46. The maximum Gasteiger partial charge on any atom is 0.233 e. The lowest BCUT2D eigenvalue weighted by atomic mass is 9.94. The van der Waals surface area contributed by atoms with Gasteiger partial charge in [-0.25, -0.2) is 0 Å². The van der Waals surface area contributed by atoms with Crippen LogP contribution in [-0.4, -0.2) is 21.8 Å². The monoisotopic (exact) mass is 261 g/mol. The SMILES string of the molecule is Cc1cc(-c2noc(C(C)(C)CN)n2)cc(C)c1O. The van der Waals surface area contributed by atoms with Gasteiger partial charge in [-0.3, -0.25) is 0 Å². The molecule has 5 nitrogen and oxygen atoms in total. The van der Waals surface area contributed by atoms with Gasteiger partial charge >= 0.3 is 0 Å². The average molecular weight is 261 g/mol. The van der Waals surface area contributed by atoms with Crippen LogP contribution in [0.2, 0.25) is 0 Å². The zero-order valence-corrected chi connectivity index (χ0v) is 11.7. The molecule has 1 heterocycles. The van der Waals surface area contributed by atoms with Gasteiger partial charge in [-0.2, -0.15) is 4.98 Å². The number of phenolic OH excluding ortho intramolecular Hbond substituents is 1. The van der Waals surface area contributed by atoms with Gasteiger partial charge in [-0.15, -0.1) is 0 Å². The Morgan fingerprint density at radius 3 is 2.37 bits per heavy atom. The van der Waals surface area contributed by atoms with Crippen LogP contribution in [0.15, 0.2) is 16.7 Å². The number of phenols is 1. The van der Waals surface area contributed by atoms with E-state index in [0.717, 1.165) is 16.7 Å². The average Bonchev–Trinajstić information content (AvgIpc) is 2.85. The van der Waals surface area contributed by atoms with Crippen molar-refractivity contribution in [2.45, 2.75) is 33.1 Å². The van der Waals surface area contributed by atoms with Gasteiger partial charge in [-0.05, 0) is 51.0 Å². The minimum atomic E-state index is -0.341. The molecule has 1 aromatic carbocycles. The summed E-state index contributed by atoms with van der Waals surface area (Å²) in [5, 5.41) is 13.8. The molecule has 0 unspecified atom stereocenters. The van der Waals surface area contributed by atoms with E-state index in [1.165, 1.54) is 0 Å². The molecule has 0 atom stereocenters. The molecule has 0 radical (unpaired) electrons. The van der Waals surface area contributed by atoms with Crippen molar-refractivity contribution in [2.75, 3.05) is 6.54 Å². The third-order valence-electron chi connectivity index (χ3n) is 3.26. The molecule has 0 spiro atoms. The van der Waals surface area contributed by atoms with Gasteiger partial charge in [0.2, 0.25) is 11.7 Å². The summed E-state index contributed by atoms with van der Waals surface area (Å²) < 4.78 is 5.28. The Morgan fingerprint density at radius 2 is 1.84 bits per heavy atom. The first-order valence-corrected chi connectivity index (χ1v) is 6.20. The molecule has 5 heteroatoms.